The number of anilines is 1. The molecule has 1 aliphatic heterocycles. The Bertz CT molecular complexity index is 624. The van der Waals surface area contributed by atoms with E-state index >= 15 is 0 Å². The van der Waals surface area contributed by atoms with Crippen molar-refractivity contribution in [2.24, 2.45) is 0 Å². The van der Waals surface area contributed by atoms with Crippen molar-refractivity contribution in [2.45, 2.75) is 13.0 Å². The van der Waals surface area contributed by atoms with Crippen LogP contribution >= 0.6 is 0 Å². The molecule has 0 amide bonds. The number of hydrogen-bond acceptors (Lipinski definition) is 6. The second-order valence-corrected chi connectivity index (χ2v) is 4.71. The second kappa shape index (κ2) is 4.51. The molecule has 1 aromatic heterocycles. The van der Waals surface area contributed by atoms with Crippen LogP contribution in [0.3, 0.4) is 0 Å². The number of rotatable bonds is 2. The van der Waals surface area contributed by atoms with Crippen LogP contribution in [0.4, 0.5) is 11.7 Å². The van der Waals surface area contributed by atoms with Crippen LogP contribution in [0.25, 0.3) is 11.1 Å². The first-order valence-corrected chi connectivity index (χ1v) is 6.17. The highest BCUT2D eigenvalue weighted by molar-refractivity contribution is 5.77. The molecule has 7 heteroatoms. The molecule has 100 valence electrons. The van der Waals surface area contributed by atoms with E-state index in [-0.39, 0.29) is 5.69 Å². The molecule has 19 heavy (non-hydrogen) atoms. The number of nitrogens with zero attached hydrogens (tertiary/aromatic N) is 3. The van der Waals surface area contributed by atoms with Gasteiger partial charge in [0.15, 0.2) is 5.58 Å². The van der Waals surface area contributed by atoms with E-state index in [1.54, 1.807) is 6.07 Å². The Morgan fingerprint density at radius 3 is 3.16 bits per heavy atom. The molecule has 0 radical (unpaired) electrons. The highest BCUT2D eigenvalue weighted by Gasteiger charge is 2.21. The molecule has 0 saturated carbocycles. The molecule has 1 aromatic carbocycles. The van der Waals surface area contributed by atoms with Crippen molar-refractivity contribution < 1.29 is 9.34 Å². The first kappa shape index (κ1) is 11.9. The van der Waals surface area contributed by atoms with E-state index in [1.165, 1.54) is 12.1 Å². The third kappa shape index (κ3) is 2.24. The Morgan fingerprint density at radius 1 is 1.58 bits per heavy atom. The van der Waals surface area contributed by atoms with E-state index in [9.17, 15) is 10.1 Å². The van der Waals surface area contributed by atoms with E-state index in [4.69, 9.17) is 4.42 Å². The van der Waals surface area contributed by atoms with Gasteiger partial charge in [0.2, 0.25) is 0 Å². The van der Waals surface area contributed by atoms with Gasteiger partial charge in [-0.15, -0.1) is 0 Å². The van der Waals surface area contributed by atoms with Gasteiger partial charge in [0.1, 0.15) is 5.52 Å². The van der Waals surface area contributed by atoms with Gasteiger partial charge in [-0.3, -0.25) is 10.1 Å². The molecule has 1 atom stereocenters. The van der Waals surface area contributed by atoms with E-state index < -0.39 is 4.92 Å². The van der Waals surface area contributed by atoms with Gasteiger partial charge in [-0.05, 0) is 13.0 Å². The first-order chi connectivity index (χ1) is 9.13. The summed E-state index contributed by atoms with van der Waals surface area (Å²) in [7, 11) is 0. The number of nitrogens with one attached hydrogen (secondary N) is 1. The van der Waals surface area contributed by atoms with Crippen molar-refractivity contribution in [3.05, 3.63) is 28.3 Å². The molecule has 1 aliphatic rings. The van der Waals surface area contributed by atoms with Gasteiger partial charge < -0.3 is 14.6 Å². The summed E-state index contributed by atoms with van der Waals surface area (Å²) in [6, 6.07) is 5.36. The van der Waals surface area contributed by atoms with Gasteiger partial charge >= 0.3 is 0 Å². The summed E-state index contributed by atoms with van der Waals surface area (Å²) in [5, 5.41) is 14.1. The minimum atomic E-state index is -0.430. The molecule has 2 aromatic rings. The SMILES string of the molecule is C[C@H]1CN(c2nc3cc([N+](=O)[O-])ccc3o2)CCN1. The maximum Gasteiger partial charge on any atom is 0.298 e. The molecule has 2 heterocycles. The van der Waals surface area contributed by atoms with Gasteiger partial charge in [0, 0.05) is 37.8 Å². The van der Waals surface area contributed by atoms with Gasteiger partial charge in [0.05, 0.1) is 4.92 Å². The fourth-order valence-corrected chi connectivity index (χ4v) is 2.26. The Balaban J connectivity index is 1.94. The van der Waals surface area contributed by atoms with Crippen LogP contribution in [0, 0.1) is 10.1 Å². The molecule has 3 rings (SSSR count). The number of piperazine rings is 1. The van der Waals surface area contributed by atoms with E-state index in [2.05, 4.69) is 17.2 Å². The highest BCUT2D eigenvalue weighted by atomic mass is 16.6. The third-order valence-corrected chi connectivity index (χ3v) is 3.21. The minimum Gasteiger partial charge on any atom is -0.423 e. The monoisotopic (exact) mass is 262 g/mol. The quantitative estimate of drug-likeness (QED) is 0.652. The van der Waals surface area contributed by atoms with Crippen LogP contribution in [-0.2, 0) is 0 Å². The first-order valence-electron chi connectivity index (χ1n) is 6.17. The van der Waals surface area contributed by atoms with Crippen LogP contribution in [0.5, 0.6) is 0 Å². The summed E-state index contributed by atoms with van der Waals surface area (Å²) >= 11 is 0. The number of nitro groups is 1. The number of fused-ring (bicyclic) bond motifs is 1. The molecule has 1 saturated heterocycles. The summed E-state index contributed by atoms with van der Waals surface area (Å²) in [4.78, 5) is 16.7. The predicted octanol–water partition coefficient (Wildman–Crippen LogP) is 1.53. The lowest BCUT2D eigenvalue weighted by Gasteiger charge is -2.30. The normalized spacial score (nSPS) is 19.8. The van der Waals surface area contributed by atoms with Crippen LogP contribution in [-0.4, -0.2) is 35.6 Å². The Labute approximate surface area is 109 Å². The Kier molecular flexibility index (Phi) is 2.83. The van der Waals surface area contributed by atoms with E-state index in [1.807, 2.05) is 4.90 Å². The van der Waals surface area contributed by atoms with Crippen LogP contribution in [0.15, 0.2) is 22.6 Å². The average Bonchev–Trinajstić information content (AvgIpc) is 2.81. The number of aromatic nitrogens is 1. The minimum absolute atomic E-state index is 0.0287. The summed E-state index contributed by atoms with van der Waals surface area (Å²) in [6.07, 6.45) is 0. The van der Waals surface area contributed by atoms with Crippen molar-refractivity contribution >= 4 is 22.8 Å². The van der Waals surface area contributed by atoms with Crippen LogP contribution in [0.2, 0.25) is 0 Å². The lowest BCUT2D eigenvalue weighted by Crippen LogP contribution is -2.49. The van der Waals surface area contributed by atoms with Crippen molar-refractivity contribution in [3.8, 4) is 0 Å². The van der Waals surface area contributed by atoms with Crippen molar-refractivity contribution in [1.82, 2.24) is 10.3 Å². The summed E-state index contributed by atoms with van der Waals surface area (Å²) in [5.41, 5.74) is 1.13. The smallest absolute Gasteiger partial charge is 0.298 e. The lowest BCUT2D eigenvalue weighted by molar-refractivity contribution is -0.384. The molecule has 0 unspecified atom stereocenters. The Hall–Kier alpha value is -2.15. The standard InChI is InChI=1S/C12H14N4O3/c1-8-7-15(5-4-13-8)12-14-10-6-9(16(17)18)2-3-11(10)19-12/h2-3,6,8,13H,4-5,7H2,1H3/t8-/m0/s1. The van der Waals surface area contributed by atoms with Crippen LogP contribution < -0.4 is 10.2 Å². The fourth-order valence-electron chi connectivity index (χ4n) is 2.26. The van der Waals surface area contributed by atoms with Crippen molar-refractivity contribution in [2.75, 3.05) is 24.5 Å². The number of hydrogen-bond donors (Lipinski definition) is 1. The number of non-ortho nitro benzene ring substituents is 1. The summed E-state index contributed by atoms with van der Waals surface area (Å²) < 4.78 is 5.66. The maximum absolute atomic E-state index is 10.7. The zero-order valence-corrected chi connectivity index (χ0v) is 10.5. The topological polar surface area (TPSA) is 84.4 Å². The van der Waals surface area contributed by atoms with Gasteiger partial charge in [-0.1, -0.05) is 0 Å². The molecular formula is C12H14N4O3. The highest BCUT2D eigenvalue weighted by Crippen LogP contribution is 2.25. The summed E-state index contributed by atoms with van der Waals surface area (Å²) in [5.74, 6) is 0. The molecular weight excluding hydrogens is 248 g/mol. The maximum atomic E-state index is 10.7. The third-order valence-electron chi connectivity index (χ3n) is 3.21. The number of oxazole rings is 1. The van der Waals surface area contributed by atoms with Crippen molar-refractivity contribution in [1.29, 1.82) is 0 Å². The number of benzene rings is 1. The second-order valence-electron chi connectivity index (χ2n) is 4.71. The van der Waals surface area contributed by atoms with E-state index in [0.29, 0.717) is 23.2 Å². The molecule has 0 aliphatic carbocycles. The van der Waals surface area contributed by atoms with Gasteiger partial charge in [-0.2, -0.15) is 4.98 Å². The molecule has 7 nitrogen and oxygen atoms in total. The number of nitro benzene ring substituents is 1. The zero-order valence-electron chi connectivity index (χ0n) is 10.5. The molecule has 0 bridgehead atoms. The van der Waals surface area contributed by atoms with Gasteiger partial charge in [0.25, 0.3) is 11.7 Å². The van der Waals surface area contributed by atoms with Crippen LogP contribution in [0.1, 0.15) is 6.92 Å². The Morgan fingerprint density at radius 2 is 2.42 bits per heavy atom. The molecule has 1 N–H and O–H groups in total. The predicted molar refractivity (Wildman–Crippen MR) is 70.3 cm³/mol. The molecule has 1 fully saturated rings. The average molecular weight is 262 g/mol. The van der Waals surface area contributed by atoms with Crippen molar-refractivity contribution in [3.63, 3.8) is 0 Å². The molecule has 0 spiro atoms. The van der Waals surface area contributed by atoms with Gasteiger partial charge in [-0.25, -0.2) is 0 Å². The lowest BCUT2D eigenvalue weighted by atomic mass is 10.2. The van der Waals surface area contributed by atoms with E-state index in [0.717, 1.165) is 19.6 Å². The fraction of sp³-hybridized carbons (Fsp3) is 0.417. The zero-order chi connectivity index (χ0) is 13.4. The largest absolute Gasteiger partial charge is 0.423 e. The summed E-state index contributed by atoms with van der Waals surface area (Å²) in [6.45, 7) is 4.61.